The molecule has 1 aromatic carbocycles. The van der Waals surface area contributed by atoms with Gasteiger partial charge in [-0.1, -0.05) is 12.1 Å². The molecular weight excluding hydrogens is 260 g/mol. The highest BCUT2D eigenvalue weighted by Gasteiger charge is 2.23. The van der Waals surface area contributed by atoms with Crippen LogP contribution in [-0.2, 0) is 16.4 Å². The van der Waals surface area contributed by atoms with Crippen molar-refractivity contribution in [3.8, 4) is 0 Å². The van der Waals surface area contributed by atoms with E-state index in [1.54, 1.807) is 18.2 Å². The van der Waals surface area contributed by atoms with Crippen molar-refractivity contribution in [2.24, 2.45) is 11.7 Å². The first-order valence-corrected chi connectivity index (χ1v) is 8.37. The monoisotopic (exact) mass is 282 g/mol. The van der Waals surface area contributed by atoms with Gasteiger partial charge in [0, 0.05) is 19.6 Å². The molecule has 0 atom stereocenters. The quantitative estimate of drug-likeness (QED) is 0.818. The molecule has 2 rings (SSSR count). The summed E-state index contributed by atoms with van der Waals surface area (Å²) in [5.41, 5.74) is 6.40. The SMILES string of the molecule is CN(CCS(=O)(=O)c1cccc(CN)c1)CC1CC1. The third kappa shape index (κ3) is 4.30. The van der Waals surface area contributed by atoms with E-state index in [0.717, 1.165) is 18.0 Å². The molecule has 0 spiro atoms. The lowest BCUT2D eigenvalue weighted by Gasteiger charge is -2.16. The Labute approximate surface area is 115 Å². The maximum Gasteiger partial charge on any atom is 0.179 e. The summed E-state index contributed by atoms with van der Waals surface area (Å²) in [5, 5.41) is 0. The summed E-state index contributed by atoms with van der Waals surface area (Å²) in [6, 6.07) is 6.92. The average molecular weight is 282 g/mol. The van der Waals surface area contributed by atoms with E-state index in [-0.39, 0.29) is 5.75 Å². The normalized spacial score (nSPS) is 15.9. The van der Waals surface area contributed by atoms with Crippen LogP contribution in [0, 0.1) is 5.92 Å². The second-order valence-corrected chi connectivity index (χ2v) is 7.49. The Morgan fingerprint density at radius 3 is 2.74 bits per heavy atom. The molecule has 1 aliphatic rings. The lowest BCUT2D eigenvalue weighted by Crippen LogP contribution is -2.27. The lowest BCUT2D eigenvalue weighted by molar-refractivity contribution is 0.338. The van der Waals surface area contributed by atoms with Gasteiger partial charge < -0.3 is 10.6 Å². The van der Waals surface area contributed by atoms with Crippen LogP contribution < -0.4 is 5.73 Å². The number of nitrogens with zero attached hydrogens (tertiary/aromatic N) is 1. The van der Waals surface area contributed by atoms with Gasteiger partial charge in [0.15, 0.2) is 9.84 Å². The predicted molar refractivity (Wildman–Crippen MR) is 76.6 cm³/mol. The third-order valence-corrected chi connectivity index (χ3v) is 5.19. The van der Waals surface area contributed by atoms with Crippen LogP contribution in [0.1, 0.15) is 18.4 Å². The Morgan fingerprint density at radius 2 is 2.11 bits per heavy atom. The topological polar surface area (TPSA) is 63.4 Å². The van der Waals surface area contributed by atoms with Crippen LogP contribution in [0.3, 0.4) is 0 Å². The van der Waals surface area contributed by atoms with E-state index >= 15 is 0 Å². The molecule has 0 aliphatic heterocycles. The van der Waals surface area contributed by atoms with Gasteiger partial charge in [-0.05, 0) is 43.5 Å². The summed E-state index contributed by atoms with van der Waals surface area (Å²) in [4.78, 5) is 2.50. The van der Waals surface area contributed by atoms with Crippen molar-refractivity contribution < 1.29 is 8.42 Å². The fourth-order valence-corrected chi connectivity index (χ4v) is 3.50. The number of rotatable bonds is 7. The standard InChI is InChI=1S/C14H22N2O2S/c1-16(11-12-5-6-12)7-8-19(17,18)14-4-2-3-13(9-14)10-15/h2-4,9,12H,5-8,10-11,15H2,1H3. The lowest BCUT2D eigenvalue weighted by atomic mass is 10.2. The van der Waals surface area contributed by atoms with Crippen molar-refractivity contribution in [1.29, 1.82) is 0 Å². The minimum absolute atomic E-state index is 0.171. The van der Waals surface area contributed by atoms with Crippen molar-refractivity contribution in [2.75, 3.05) is 25.9 Å². The summed E-state index contributed by atoms with van der Waals surface area (Å²) >= 11 is 0. The molecule has 0 aromatic heterocycles. The van der Waals surface area contributed by atoms with E-state index < -0.39 is 9.84 Å². The van der Waals surface area contributed by atoms with E-state index in [1.807, 2.05) is 13.1 Å². The molecule has 4 nitrogen and oxygen atoms in total. The highest BCUT2D eigenvalue weighted by molar-refractivity contribution is 7.91. The van der Waals surface area contributed by atoms with Gasteiger partial charge in [0.2, 0.25) is 0 Å². The Kier molecular flexibility index (Phi) is 4.60. The molecule has 0 amide bonds. The molecule has 0 saturated heterocycles. The molecule has 0 radical (unpaired) electrons. The molecule has 0 heterocycles. The van der Waals surface area contributed by atoms with E-state index in [1.165, 1.54) is 12.8 Å². The van der Waals surface area contributed by atoms with Gasteiger partial charge in [-0.15, -0.1) is 0 Å². The Balaban J connectivity index is 1.96. The van der Waals surface area contributed by atoms with Gasteiger partial charge in [0.25, 0.3) is 0 Å². The first kappa shape index (κ1) is 14.5. The maximum absolute atomic E-state index is 12.2. The van der Waals surface area contributed by atoms with Crippen molar-refractivity contribution in [3.05, 3.63) is 29.8 Å². The van der Waals surface area contributed by atoms with Crippen LogP contribution in [0.2, 0.25) is 0 Å². The summed E-state index contributed by atoms with van der Waals surface area (Å²) in [7, 11) is -1.21. The summed E-state index contributed by atoms with van der Waals surface area (Å²) in [5.74, 6) is 0.956. The Morgan fingerprint density at radius 1 is 1.37 bits per heavy atom. The van der Waals surface area contributed by atoms with Crippen molar-refractivity contribution in [2.45, 2.75) is 24.3 Å². The number of nitrogens with two attached hydrogens (primary N) is 1. The van der Waals surface area contributed by atoms with Crippen molar-refractivity contribution in [1.82, 2.24) is 4.90 Å². The van der Waals surface area contributed by atoms with Crippen molar-refractivity contribution in [3.63, 3.8) is 0 Å². The van der Waals surface area contributed by atoms with Gasteiger partial charge >= 0.3 is 0 Å². The molecule has 106 valence electrons. The summed E-state index contributed by atoms with van der Waals surface area (Å²) in [6.07, 6.45) is 2.57. The van der Waals surface area contributed by atoms with E-state index in [2.05, 4.69) is 4.90 Å². The van der Waals surface area contributed by atoms with Crippen LogP contribution in [-0.4, -0.2) is 39.2 Å². The largest absolute Gasteiger partial charge is 0.326 e. The zero-order chi connectivity index (χ0) is 13.9. The smallest absolute Gasteiger partial charge is 0.179 e. The molecular formula is C14H22N2O2S. The zero-order valence-corrected chi connectivity index (χ0v) is 12.2. The predicted octanol–water partition coefficient (Wildman–Crippen LogP) is 1.26. The number of hydrogen-bond donors (Lipinski definition) is 1. The number of sulfone groups is 1. The van der Waals surface area contributed by atoms with Crippen molar-refractivity contribution >= 4 is 9.84 Å². The maximum atomic E-state index is 12.2. The van der Waals surface area contributed by atoms with E-state index in [4.69, 9.17) is 5.73 Å². The number of hydrogen-bond acceptors (Lipinski definition) is 4. The van der Waals surface area contributed by atoms with E-state index in [9.17, 15) is 8.42 Å². The molecule has 5 heteroatoms. The van der Waals surface area contributed by atoms with Gasteiger partial charge in [0.05, 0.1) is 10.6 Å². The van der Waals surface area contributed by atoms with Gasteiger partial charge in [0.1, 0.15) is 0 Å². The fourth-order valence-electron chi connectivity index (χ4n) is 2.09. The summed E-state index contributed by atoms with van der Waals surface area (Å²) in [6.45, 7) is 1.97. The van der Waals surface area contributed by atoms with Crippen LogP contribution in [0.15, 0.2) is 29.2 Å². The molecule has 1 aromatic rings. The first-order chi connectivity index (χ1) is 9.01. The minimum atomic E-state index is -3.20. The van der Waals surface area contributed by atoms with Crippen LogP contribution in [0.5, 0.6) is 0 Å². The molecule has 1 aliphatic carbocycles. The molecule has 0 unspecified atom stereocenters. The molecule has 1 fully saturated rings. The highest BCUT2D eigenvalue weighted by Crippen LogP contribution is 2.29. The Bertz CT molecular complexity index is 524. The summed E-state index contributed by atoms with van der Waals surface area (Å²) < 4.78 is 24.5. The zero-order valence-electron chi connectivity index (χ0n) is 11.4. The van der Waals surface area contributed by atoms with Gasteiger partial charge in [-0.25, -0.2) is 8.42 Å². The van der Waals surface area contributed by atoms with Gasteiger partial charge in [-0.2, -0.15) is 0 Å². The second kappa shape index (κ2) is 6.03. The minimum Gasteiger partial charge on any atom is -0.326 e. The molecule has 2 N–H and O–H groups in total. The highest BCUT2D eigenvalue weighted by atomic mass is 32.2. The Hall–Kier alpha value is -0.910. The van der Waals surface area contributed by atoms with E-state index in [0.29, 0.717) is 18.0 Å². The fraction of sp³-hybridized carbons (Fsp3) is 0.571. The van der Waals surface area contributed by atoms with Crippen LogP contribution in [0.4, 0.5) is 0 Å². The van der Waals surface area contributed by atoms with Crippen LogP contribution in [0.25, 0.3) is 0 Å². The van der Waals surface area contributed by atoms with Gasteiger partial charge in [-0.3, -0.25) is 0 Å². The molecule has 1 saturated carbocycles. The first-order valence-electron chi connectivity index (χ1n) is 6.71. The third-order valence-electron chi connectivity index (χ3n) is 3.50. The second-order valence-electron chi connectivity index (χ2n) is 5.38. The molecule has 19 heavy (non-hydrogen) atoms. The average Bonchev–Trinajstić information content (AvgIpc) is 3.20. The van der Waals surface area contributed by atoms with Crippen LogP contribution >= 0.6 is 0 Å². The number of benzene rings is 1. The molecule has 0 bridgehead atoms.